The molecular weight excluding hydrogens is 276 g/mol. The van der Waals surface area contributed by atoms with Crippen LogP contribution in [0.25, 0.3) is 0 Å². The van der Waals surface area contributed by atoms with Gasteiger partial charge in [0.2, 0.25) is 5.91 Å². The van der Waals surface area contributed by atoms with E-state index in [0.717, 1.165) is 29.9 Å². The molecule has 0 aliphatic carbocycles. The lowest BCUT2D eigenvalue weighted by atomic mass is 9.98. The number of amides is 1. The molecule has 0 aromatic carbocycles. The molecule has 2 aliphatic heterocycles. The lowest BCUT2D eigenvalue weighted by molar-refractivity contribution is -0.129. The van der Waals surface area contributed by atoms with E-state index in [9.17, 15) is 4.79 Å². The minimum atomic E-state index is 0.000596. The Morgan fingerprint density at radius 2 is 2.27 bits per heavy atom. The van der Waals surface area contributed by atoms with Crippen molar-refractivity contribution in [1.82, 2.24) is 15.5 Å². The molecule has 22 heavy (non-hydrogen) atoms. The largest absolute Gasteiger partial charge is 0.383 e. The molecule has 2 unspecified atom stereocenters. The van der Waals surface area contributed by atoms with Gasteiger partial charge in [0, 0.05) is 42.3 Å². The van der Waals surface area contributed by atoms with Crippen LogP contribution in [-0.4, -0.2) is 35.3 Å². The van der Waals surface area contributed by atoms with E-state index in [1.165, 1.54) is 12.3 Å². The van der Waals surface area contributed by atoms with E-state index >= 15 is 0 Å². The van der Waals surface area contributed by atoms with Crippen LogP contribution in [0, 0.1) is 0 Å². The molecule has 0 aromatic rings. The summed E-state index contributed by atoms with van der Waals surface area (Å²) in [6.45, 7) is 12.0. The Balaban J connectivity index is 2.08. The molecule has 5 heteroatoms. The average Bonchev–Trinajstić information content (AvgIpc) is 2.97. The first kappa shape index (κ1) is 16.1. The normalized spacial score (nSPS) is 28.3. The number of allylic oxidation sites excluding steroid dienone is 1. The minimum Gasteiger partial charge on any atom is -0.383 e. The molecule has 0 bridgehead atoms. The molecule has 1 fully saturated rings. The zero-order chi connectivity index (χ0) is 16.1. The number of carbonyl (C=O) groups is 1. The molecule has 2 atom stereocenters. The first-order valence-electron chi connectivity index (χ1n) is 7.59. The maximum atomic E-state index is 11.9. The number of nitrogens with one attached hydrogen (secondary N) is 2. The Bertz CT molecular complexity index is 559. The van der Waals surface area contributed by atoms with Crippen molar-refractivity contribution in [2.45, 2.75) is 38.8 Å². The van der Waals surface area contributed by atoms with Crippen LogP contribution in [0.5, 0.6) is 0 Å². The minimum absolute atomic E-state index is 0.000596. The number of carbonyl (C=O) groups excluding carboxylic acids is 1. The number of nitrogens with zero attached hydrogens (tertiary/aromatic N) is 2. The number of hydrogen-bond acceptors (Lipinski definition) is 3. The van der Waals surface area contributed by atoms with Crippen molar-refractivity contribution >= 4 is 11.7 Å². The molecule has 1 saturated heterocycles. The quantitative estimate of drug-likeness (QED) is 0.782. The van der Waals surface area contributed by atoms with Crippen molar-refractivity contribution in [3.63, 3.8) is 0 Å². The van der Waals surface area contributed by atoms with Gasteiger partial charge < -0.3 is 15.5 Å². The summed E-state index contributed by atoms with van der Waals surface area (Å²) in [6, 6.07) is 0.508. The van der Waals surface area contributed by atoms with Crippen molar-refractivity contribution < 1.29 is 4.79 Å². The summed E-state index contributed by atoms with van der Waals surface area (Å²) >= 11 is 0. The Morgan fingerprint density at radius 1 is 1.50 bits per heavy atom. The number of aliphatic imine (C=N–C) groups is 1. The number of piperidine rings is 1. The van der Waals surface area contributed by atoms with Crippen LogP contribution in [-0.2, 0) is 4.79 Å². The molecule has 2 aliphatic rings. The predicted molar refractivity (Wildman–Crippen MR) is 90.1 cm³/mol. The fourth-order valence-electron chi connectivity index (χ4n) is 2.89. The van der Waals surface area contributed by atoms with Crippen LogP contribution in [0.3, 0.4) is 0 Å². The molecule has 0 aromatic heterocycles. The summed E-state index contributed by atoms with van der Waals surface area (Å²) in [6.07, 6.45) is 8.79. The summed E-state index contributed by atoms with van der Waals surface area (Å²) in [4.78, 5) is 18.0. The van der Waals surface area contributed by atoms with Gasteiger partial charge in [-0.3, -0.25) is 4.79 Å². The van der Waals surface area contributed by atoms with E-state index in [1.54, 1.807) is 0 Å². The van der Waals surface area contributed by atoms with Gasteiger partial charge in [-0.2, -0.15) is 0 Å². The number of hydrogen-bond donors (Lipinski definition) is 2. The highest BCUT2D eigenvalue weighted by Gasteiger charge is 2.28. The molecule has 0 radical (unpaired) electrons. The van der Waals surface area contributed by atoms with Crippen molar-refractivity contribution in [3.05, 3.63) is 49.0 Å². The summed E-state index contributed by atoms with van der Waals surface area (Å²) in [5.41, 5.74) is 2.08. The van der Waals surface area contributed by atoms with E-state index in [4.69, 9.17) is 0 Å². The van der Waals surface area contributed by atoms with E-state index in [2.05, 4.69) is 35.7 Å². The van der Waals surface area contributed by atoms with Gasteiger partial charge in [-0.25, -0.2) is 4.99 Å². The molecule has 0 spiro atoms. The zero-order valence-corrected chi connectivity index (χ0v) is 13.3. The van der Waals surface area contributed by atoms with Crippen LogP contribution in [0.1, 0.15) is 26.7 Å². The van der Waals surface area contributed by atoms with Gasteiger partial charge in [0.25, 0.3) is 0 Å². The number of rotatable bonds is 4. The third-order valence-electron chi connectivity index (χ3n) is 4.11. The first-order chi connectivity index (χ1) is 10.6. The van der Waals surface area contributed by atoms with Crippen molar-refractivity contribution in [3.8, 4) is 0 Å². The lowest BCUT2D eigenvalue weighted by Gasteiger charge is -2.38. The highest BCUT2D eigenvalue weighted by Crippen LogP contribution is 2.19. The Kier molecular flexibility index (Phi) is 5.20. The summed E-state index contributed by atoms with van der Waals surface area (Å²) < 4.78 is 0. The molecule has 0 saturated carbocycles. The second kappa shape index (κ2) is 7.11. The Hall–Kier alpha value is -2.30. The van der Waals surface area contributed by atoms with E-state index in [1.807, 2.05) is 24.1 Å². The van der Waals surface area contributed by atoms with Gasteiger partial charge in [0.05, 0.1) is 0 Å². The lowest BCUT2D eigenvalue weighted by Crippen LogP contribution is -2.51. The average molecular weight is 300 g/mol. The maximum Gasteiger partial charge on any atom is 0.246 e. The van der Waals surface area contributed by atoms with Gasteiger partial charge in [-0.1, -0.05) is 13.2 Å². The summed E-state index contributed by atoms with van der Waals surface area (Å²) in [7, 11) is 0. The highest BCUT2D eigenvalue weighted by atomic mass is 16.2. The molecule has 2 rings (SSSR count). The number of likely N-dealkylation sites (tertiary alicyclic amines) is 1. The summed E-state index contributed by atoms with van der Waals surface area (Å²) in [5.74, 6) is 0.795. The van der Waals surface area contributed by atoms with Crippen molar-refractivity contribution in [2.75, 3.05) is 6.54 Å². The maximum absolute atomic E-state index is 11.9. The predicted octanol–water partition coefficient (Wildman–Crippen LogP) is 2.07. The Labute approximate surface area is 132 Å². The molecule has 5 nitrogen and oxygen atoms in total. The van der Waals surface area contributed by atoms with Gasteiger partial charge in [0.15, 0.2) is 0 Å². The van der Waals surface area contributed by atoms with Crippen LogP contribution in [0.4, 0.5) is 0 Å². The molecule has 1 amide bonds. The van der Waals surface area contributed by atoms with Crippen LogP contribution in [0.2, 0.25) is 0 Å². The zero-order valence-electron chi connectivity index (χ0n) is 13.3. The van der Waals surface area contributed by atoms with E-state index in [-0.39, 0.29) is 18.0 Å². The fourth-order valence-corrected chi connectivity index (χ4v) is 2.89. The molecular formula is C17H24N4O. The molecule has 118 valence electrons. The van der Waals surface area contributed by atoms with E-state index in [0.29, 0.717) is 6.54 Å². The SMILES string of the molecule is C=C/N=C1/NC=C/C1=C(/C)NC1CCC(C)N(C(=O)C=C)C1. The standard InChI is InChI=1S/C17H24N4O/c1-5-16(22)21-11-14(8-7-12(21)3)20-13(4)15-9-10-19-17(15)18-6-2/h5-6,9-10,12,14,20H,1-2,7-8,11H2,3-4H3,(H,18,19)/b15-13+. The van der Waals surface area contributed by atoms with Gasteiger partial charge in [-0.15, -0.1) is 0 Å². The molecule has 2 heterocycles. The third-order valence-corrected chi connectivity index (χ3v) is 4.11. The second-order valence-corrected chi connectivity index (χ2v) is 5.64. The van der Waals surface area contributed by atoms with Crippen molar-refractivity contribution in [2.24, 2.45) is 4.99 Å². The second-order valence-electron chi connectivity index (χ2n) is 5.64. The monoisotopic (exact) mass is 300 g/mol. The smallest absolute Gasteiger partial charge is 0.246 e. The number of amidine groups is 1. The topological polar surface area (TPSA) is 56.7 Å². The van der Waals surface area contributed by atoms with E-state index < -0.39 is 0 Å². The van der Waals surface area contributed by atoms with Gasteiger partial charge in [-0.05, 0) is 38.8 Å². The van der Waals surface area contributed by atoms with Gasteiger partial charge >= 0.3 is 0 Å². The summed E-state index contributed by atoms with van der Waals surface area (Å²) in [5, 5.41) is 6.62. The highest BCUT2D eigenvalue weighted by molar-refractivity contribution is 6.04. The first-order valence-corrected chi connectivity index (χ1v) is 7.59. The Morgan fingerprint density at radius 3 is 2.95 bits per heavy atom. The van der Waals surface area contributed by atoms with Crippen LogP contribution >= 0.6 is 0 Å². The van der Waals surface area contributed by atoms with Gasteiger partial charge in [0.1, 0.15) is 5.84 Å². The molecule has 2 N–H and O–H groups in total. The fraction of sp³-hybridized carbons (Fsp3) is 0.412. The van der Waals surface area contributed by atoms with Crippen LogP contribution < -0.4 is 10.6 Å². The van der Waals surface area contributed by atoms with Crippen molar-refractivity contribution in [1.29, 1.82) is 0 Å². The third kappa shape index (κ3) is 3.47. The van der Waals surface area contributed by atoms with Crippen LogP contribution in [0.15, 0.2) is 54.0 Å².